The minimum atomic E-state index is -4.25. The topological polar surface area (TPSA) is 128 Å². The van der Waals surface area contributed by atoms with Crippen molar-refractivity contribution in [3.63, 3.8) is 0 Å². The first kappa shape index (κ1) is 15.3. The van der Waals surface area contributed by atoms with Crippen molar-refractivity contribution in [3.8, 4) is 0 Å². The summed E-state index contributed by atoms with van der Waals surface area (Å²) in [4.78, 5) is 12.8. The number of anilines is 1. The molecular formula is C10H9FN4O4S2. The largest absolute Gasteiger partial charge is 0.397 e. The van der Waals surface area contributed by atoms with Crippen molar-refractivity contribution in [2.75, 3.05) is 5.73 Å². The molecule has 0 spiro atoms. The third-order valence-corrected chi connectivity index (χ3v) is 4.71. The average Bonchev–Trinajstić information content (AvgIpc) is 2.88. The molecule has 0 aliphatic heterocycles. The van der Waals surface area contributed by atoms with Gasteiger partial charge in [0.25, 0.3) is 5.69 Å². The van der Waals surface area contributed by atoms with Crippen LogP contribution < -0.4 is 10.5 Å². The first-order valence-corrected chi connectivity index (χ1v) is 7.79. The molecule has 0 amide bonds. The van der Waals surface area contributed by atoms with Crippen LogP contribution in [0.1, 0.15) is 5.01 Å². The fourth-order valence-corrected chi connectivity index (χ4v) is 3.36. The lowest BCUT2D eigenvalue weighted by molar-refractivity contribution is -0.385. The number of nitro benzene ring substituents is 1. The summed E-state index contributed by atoms with van der Waals surface area (Å²) >= 11 is 1.22. The van der Waals surface area contributed by atoms with Gasteiger partial charge in [0.15, 0.2) is 5.82 Å². The molecule has 0 saturated carbocycles. The molecule has 1 aromatic carbocycles. The molecule has 1 aromatic heterocycles. The molecule has 0 aliphatic rings. The Hall–Kier alpha value is -2.11. The number of sulfonamides is 1. The van der Waals surface area contributed by atoms with E-state index in [1.54, 1.807) is 5.38 Å². The maximum absolute atomic E-state index is 13.8. The summed E-state index contributed by atoms with van der Waals surface area (Å²) in [5, 5.41) is 12.7. The Morgan fingerprint density at radius 1 is 1.48 bits per heavy atom. The third kappa shape index (κ3) is 3.32. The molecule has 112 valence electrons. The summed E-state index contributed by atoms with van der Waals surface area (Å²) in [7, 11) is -4.25. The van der Waals surface area contributed by atoms with Gasteiger partial charge in [-0.3, -0.25) is 10.1 Å². The van der Waals surface area contributed by atoms with E-state index < -0.39 is 37.0 Å². The van der Waals surface area contributed by atoms with Gasteiger partial charge in [0.2, 0.25) is 10.0 Å². The number of nitro groups is 1. The molecule has 2 aromatic rings. The van der Waals surface area contributed by atoms with Gasteiger partial charge in [-0.15, -0.1) is 11.3 Å². The minimum Gasteiger partial charge on any atom is -0.397 e. The van der Waals surface area contributed by atoms with Gasteiger partial charge in [0.1, 0.15) is 9.90 Å². The highest BCUT2D eigenvalue weighted by atomic mass is 32.2. The van der Waals surface area contributed by atoms with E-state index in [2.05, 4.69) is 9.71 Å². The molecule has 0 radical (unpaired) electrons. The smallest absolute Gasteiger partial charge is 0.274 e. The average molecular weight is 332 g/mol. The van der Waals surface area contributed by atoms with Crippen LogP contribution >= 0.6 is 11.3 Å². The number of hydrogen-bond acceptors (Lipinski definition) is 7. The predicted octanol–water partition coefficient (Wildman–Crippen LogP) is 1.25. The molecule has 11 heteroatoms. The van der Waals surface area contributed by atoms with Gasteiger partial charge >= 0.3 is 0 Å². The zero-order chi connectivity index (χ0) is 15.6. The van der Waals surface area contributed by atoms with Crippen molar-refractivity contribution in [1.29, 1.82) is 0 Å². The number of aromatic nitrogens is 1. The first-order chi connectivity index (χ1) is 9.81. The fourth-order valence-electron chi connectivity index (χ4n) is 1.56. The predicted molar refractivity (Wildman–Crippen MR) is 73.6 cm³/mol. The maximum Gasteiger partial charge on any atom is 0.274 e. The van der Waals surface area contributed by atoms with Gasteiger partial charge in [-0.1, -0.05) is 0 Å². The molecule has 0 atom stereocenters. The number of rotatable bonds is 5. The maximum atomic E-state index is 13.8. The van der Waals surface area contributed by atoms with Crippen LogP contribution in [0.2, 0.25) is 0 Å². The van der Waals surface area contributed by atoms with Crippen molar-refractivity contribution < 1.29 is 17.7 Å². The van der Waals surface area contributed by atoms with E-state index >= 15 is 0 Å². The quantitative estimate of drug-likeness (QED) is 0.482. The second-order valence-corrected chi connectivity index (χ2v) is 6.54. The number of nitrogens with zero attached hydrogens (tertiary/aromatic N) is 2. The summed E-state index contributed by atoms with van der Waals surface area (Å²) in [6.45, 7) is -0.129. The van der Waals surface area contributed by atoms with Gasteiger partial charge in [-0.25, -0.2) is 22.5 Å². The SMILES string of the molecule is Nc1cc([N+](=O)[O-])cc(F)c1S(=O)(=O)NCc1nccs1. The Morgan fingerprint density at radius 3 is 2.71 bits per heavy atom. The number of nitrogens with two attached hydrogens (primary N) is 1. The number of nitrogens with one attached hydrogen (secondary N) is 1. The molecule has 0 unspecified atom stereocenters. The van der Waals surface area contributed by atoms with Crippen LogP contribution in [-0.4, -0.2) is 18.3 Å². The molecule has 0 aliphatic carbocycles. The number of benzene rings is 1. The highest BCUT2D eigenvalue weighted by Gasteiger charge is 2.25. The number of hydrogen-bond donors (Lipinski definition) is 2. The van der Waals surface area contributed by atoms with Crippen molar-refractivity contribution in [2.24, 2.45) is 0 Å². The van der Waals surface area contributed by atoms with Crippen LogP contribution in [0.25, 0.3) is 0 Å². The molecule has 0 fully saturated rings. The number of nitrogen functional groups attached to an aromatic ring is 1. The number of non-ortho nitro benzene ring substituents is 1. The zero-order valence-electron chi connectivity index (χ0n) is 10.3. The number of thiazole rings is 1. The summed E-state index contributed by atoms with van der Waals surface area (Å²) in [5.74, 6) is -1.28. The van der Waals surface area contributed by atoms with Crippen molar-refractivity contribution in [3.05, 3.63) is 44.6 Å². The second-order valence-electron chi connectivity index (χ2n) is 3.85. The molecule has 21 heavy (non-hydrogen) atoms. The Bertz CT molecular complexity index is 753. The van der Waals surface area contributed by atoms with Crippen LogP contribution in [-0.2, 0) is 16.6 Å². The van der Waals surface area contributed by atoms with Crippen LogP contribution in [0.5, 0.6) is 0 Å². The van der Waals surface area contributed by atoms with Crippen LogP contribution in [0, 0.1) is 15.9 Å². The molecule has 0 saturated heterocycles. The summed E-state index contributed by atoms with van der Waals surface area (Å²) in [6.07, 6.45) is 1.50. The first-order valence-electron chi connectivity index (χ1n) is 5.42. The standard InChI is InChI=1S/C10H9FN4O4S2/c11-7-3-6(15(16)17)4-8(12)10(7)21(18,19)14-5-9-13-1-2-20-9/h1-4,14H,5,12H2. The lowest BCUT2D eigenvalue weighted by Crippen LogP contribution is -2.25. The third-order valence-electron chi connectivity index (χ3n) is 2.43. The highest BCUT2D eigenvalue weighted by molar-refractivity contribution is 7.89. The van der Waals surface area contributed by atoms with Gasteiger partial charge in [0.05, 0.1) is 23.2 Å². The minimum absolute atomic E-state index is 0.129. The van der Waals surface area contributed by atoms with E-state index in [1.165, 1.54) is 17.5 Å². The molecule has 0 bridgehead atoms. The van der Waals surface area contributed by atoms with Crippen molar-refractivity contribution in [1.82, 2.24) is 9.71 Å². The molecule has 2 rings (SSSR count). The monoisotopic (exact) mass is 332 g/mol. The Balaban J connectivity index is 2.33. The Kier molecular flexibility index (Phi) is 4.16. The lowest BCUT2D eigenvalue weighted by atomic mass is 10.3. The van der Waals surface area contributed by atoms with E-state index in [0.717, 1.165) is 6.07 Å². The second kappa shape index (κ2) is 5.71. The van der Waals surface area contributed by atoms with E-state index in [0.29, 0.717) is 11.1 Å². The lowest BCUT2D eigenvalue weighted by Gasteiger charge is -2.09. The molecule has 1 heterocycles. The molecule has 3 N–H and O–H groups in total. The van der Waals surface area contributed by atoms with Crippen molar-refractivity contribution >= 4 is 32.7 Å². The molecular weight excluding hydrogens is 323 g/mol. The van der Waals surface area contributed by atoms with Crippen LogP contribution in [0.4, 0.5) is 15.8 Å². The summed E-state index contributed by atoms with van der Waals surface area (Å²) < 4.78 is 40.0. The van der Waals surface area contributed by atoms with Crippen LogP contribution in [0.3, 0.4) is 0 Å². The Morgan fingerprint density at radius 2 is 2.19 bits per heavy atom. The number of halogens is 1. The fraction of sp³-hybridized carbons (Fsp3) is 0.100. The van der Waals surface area contributed by atoms with Crippen molar-refractivity contribution in [2.45, 2.75) is 11.4 Å². The van der Waals surface area contributed by atoms with Gasteiger partial charge in [-0.2, -0.15) is 0 Å². The summed E-state index contributed by atoms with van der Waals surface area (Å²) in [6, 6.07) is 1.30. The van der Waals surface area contributed by atoms with Gasteiger partial charge in [0, 0.05) is 17.6 Å². The molecule has 8 nitrogen and oxygen atoms in total. The van der Waals surface area contributed by atoms with E-state index in [4.69, 9.17) is 5.73 Å². The van der Waals surface area contributed by atoms with E-state index in [-0.39, 0.29) is 6.54 Å². The van der Waals surface area contributed by atoms with Crippen LogP contribution in [0.15, 0.2) is 28.6 Å². The highest BCUT2D eigenvalue weighted by Crippen LogP contribution is 2.27. The van der Waals surface area contributed by atoms with E-state index in [9.17, 15) is 22.9 Å². The zero-order valence-corrected chi connectivity index (χ0v) is 11.9. The Labute approximate surface area is 122 Å². The summed E-state index contributed by atoms with van der Waals surface area (Å²) in [5.41, 5.74) is 4.26. The van der Waals surface area contributed by atoms with Gasteiger partial charge < -0.3 is 5.73 Å². The normalized spacial score (nSPS) is 11.5. The van der Waals surface area contributed by atoms with E-state index in [1.807, 2.05) is 0 Å². The van der Waals surface area contributed by atoms with Gasteiger partial charge in [-0.05, 0) is 0 Å².